The molecule has 1 aromatic carbocycles. The molecule has 1 heterocycles. The van der Waals surface area contributed by atoms with E-state index in [2.05, 4.69) is 29.8 Å². The highest BCUT2D eigenvalue weighted by atomic mass is 16.5. The van der Waals surface area contributed by atoms with Crippen molar-refractivity contribution in [2.75, 3.05) is 33.8 Å². The van der Waals surface area contributed by atoms with Crippen LogP contribution in [0.5, 0.6) is 5.75 Å². The number of piperazine rings is 1. The Balaban J connectivity index is 2.22. The maximum atomic E-state index is 9.53. The van der Waals surface area contributed by atoms with Crippen LogP contribution >= 0.6 is 0 Å². The van der Waals surface area contributed by atoms with Gasteiger partial charge in [-0.1, -0.05) is 12.1 Å². The van der Waals surface area contributed by atoms with Gasteiger partial charge in [-0.05, 0) is 31.7 Å². The van der Waals surface area contributed by atoms with Gasteiger partial charge in [0.05, 0.1) is 13.2 Å². The van der Waals surface area contributed by atoms with Gasteiger partial charge in [-0.25, -0.2) is 0 Å². The molecule has 1 aliphatic rings. The highest BCUT2D eigenvalue weighted by Crippen LogP contribution is 2.26. The Bertz CT molecular complexity index is 469. The summed E-state index contributed by atoms with van der Waals surface area (Å²) < 4.78 is 5.24. The predicted molar refractivity (Wildman–Crippen MR) is 75.0 cm³/mol. The normalized spacial score (nSPS) is 22.7. The molecule has 1 saturated heterocycles. The van der Waals surface area contributed by atoms with Crippen molar-refractivity contribution in [2.45, 2.75) is 19.0 Å². The Hall–Kier alpha value is -1.57. The first-order valence-corrected chi connectivity index (χ1v) is 6.63. The second-order valence-electron chi connectivity index (χ2n) is 5.16. The first-order valence-electron chi connectivity index (χ1n) is 6.63. The van der Waals surface area contributed by atoms with Gasteiger partial charge in [-0.2, -0.15) is 5.26 Å². The highest BCUT2D eigenvalue weighted by Gasteiger charge is 2.29. The van der Waals surface area contributed by atoms with Gasteiger partial charge in [-0.15, -0.1) is 0 Å². The summed E-state index contributed by atoms with van der Waals surface area (Å²) in [6, 6.07) is 10.4. The number of benzene rings is 1. The lowest BCUT2D eigenvalue weighted by Gasteiger charge is -2.40. The maximum absolute atomic E-state index is 9.53. The zero-order valence-corrected chi connectivity index (χ0v) is 11.8. The van der Waals surface area contributed by atoms with Crippen molar-refractivity contribution in [3.8, 4) is 11.8 Å². The van der Waals surface area contributed by atoms with E-state index in [1.165, 1.54) is 0 Å². The van der Waals surface area contributed by atoms with Gasteiger partial charge >= 0.3 is 0 Å². The van der Waals surface area contributed by atoms with E-state index in [1.807, 2.05) is 24.3 Å². The molecular formula is C15H21N3O. The molecule has 19 heavy (non-hydrogen) atoms. The Morgan fingerprint density at radius 2 is 2.21 bits per heavy atom. The topological polar surface area (TPSA) is 39.5 Å². The quantitative estimate of drug-likeness (QED) is 0.831. The first kappa shape index (κ1) is 13.9. The van der Waals surface area contributed by atoms with E-state index in [-0.39, 0.29) is 6.04 Å². The third-order valence-corrected chi connectivity index (χ3v) is 3.75. The molecule has 0 amide bonds. The molecule has 1 aliphatic heterocycles. The number of ether oxygens (including phenoxy) is 1. The number of rotatable bonds is 3. The second kappa shape index (κ2) is 6.05. The fraction of sp³-hybridized carbons (Fsp3) is 0.533. The summed E-state index contributed by atoms with van der Waals surface area (Å²) in [5, 5.41) is 9.53. The lowest BCUT2D eigenvalue weighted by Crippen LogP contribution is -2.51. The molecule has 0 aromatic heterocycles. The molecule has 4 nitrogen and oxygen atoms in total. The van der Waals surface area contributed by atoms with Crippen LogP contribution in [0.15, 0.2) is 24.3 Å². The van der Waals surface area contributed by atoms with Crippen LogP contribution in [0.3, 0.4) is 0 Å². The number of methoxy groups -OCH3 is 1. The molecule has 4 heteroatoms. The summed E-state index contributed by atoms with van der Waals surface area (Å²) in [6.45, 7) is 5.11. The van der Waals surface area contributed by atoms with Crippen LogP contribution in [0.1, 0.15) is 18.5 Å². The van der Waals surface area contributed by atoms with E-state index in [1.54, 1.807) is 7.11 Å². The largest absolute Gasteiger partial charge is 0.497 e. The van der Waals surface area contributed by atoms with E-state index in [9.17, 15) is 5.26 Å². The monoisotopic (exact) mass is 259 g/mol. The number of hydrogen-bond acceptors (Lipinski definition) is 4. The van der Waals surface area contributed by atoms with Crippen molar-refractivity contribution in [3.05, 3.63) is 29.8 Å². The molecule has 2 rings (SSSR count). The summed E-state index contributed by atoms with van der Waals surface area (Å²) in [4.78, 5) is 4.58. The number of likely N-dealkylation sites (N-methyl/N-ethyl adjacent to an activating group) is 1. The van der Waals surface area contributed by atoms with Crippen molar-refractivity contribution in [2.24, 2.45) is 0 Å². The Morgan fingerprint density at radius 3 is 2.84 bits per heavy atom. The lowest BCUT2D eigenvalue weighted by molar-refractivity contribution is 0.0796. The highest BCUT2D eigenvalue weighted by molar-refractivity contribution is 5.33. The van der Waals surface area contributed by atoms with Crippen LogP contribution in [-0.4, -0.2) is 49.6 Å². The molecule has 0 spiro atoms. The summed E-state index contributed by atoms with van der Waals surface area (Å²) in [7, 11) is 3.78. The summed E-state index contributed by atoms with van der Waals surface area (Å²) in [5.41, 5.74) is 1.01. The van der Waals surface area contributed by atoms with E-state index in [0.717, 1.165) is 30.9 Å². The summed E-state index contributed by atoms with van der Waals surface area (Å²) >= 11 is 0. The Labute approximate surface area is 115 Å². The number of hydrogen-bond donors (Lipinski definition) is 0. The predicted octanol–water partition coefficient (Wildman–Crippen LogP) is 1.90. The fourth-order valence-corrected chi connectivity index (χ4v) is 2.69. The zero-order chi connectivity index (χ0) is 13.8. The second-order valence-corrected chi connectivity index (χ2v) is 5.16. The summed E-state index contributed by atoms with van der Waals surface area (Å²) in [6.07, 6.45) is 0. The first-order chi connectivity index (χ1) is 9.15. The molecule has 0 bridgehead atoms. The minimum absolute atomic E-state index is 0.196. The minimum atomic E-state index is -0.196. The van der Waals surface area contributed by atoms with Gasteiger partial charge in [0.15, 0.2) is 0 Å². The van der Waals surface area contributed by atoms with E-state index in [0.29, 0.717) is 6.04 Å². The smallest absolute Gasteiger partial charge is 0.124 e. The van der Waals surface area contributed by atoms with Gasteiger partial charge < -0.3 is 9.64 Å². The van der Waals surface area contributed by atoms with Crippen LogP contribution in [0, 0.1) is 11.3 Å². The van der Waals surface area contributed by atoms with Crippen LogP contribution in [0.25, 0.3) is 0 Å². The van der Waals surface area contributed by atoms with Gasteiger partial charge in [0, 0.05) is 25.7 Å². The average Bonchev–Trinajstić information content (AvgIpc) is 2.42. The van der Waals surface area contributed by atoms with Gasteiger partial charge in [0.1, 0.15) is 11.8 Å². The van der Waals surface area contributed by atoms with Crippen molar-refractivity contribution < 1.29 is 4.74 Å². The molecule has 2 unspecified atom stereocenters. The molecular weight excluding hydrogens is 238 g/mol. The van der Waals surface area contributed by atoms with E-state index >= 15 is 0 Å². The van der Waals surface area contributed by atoms with Crippen LogP contribution in [0.4, 0.5) is 0 Å². The van der Waals surface area contributed by atoms with E-state index < -0.39 is 0 Å². The minimum Gasteiger partial charge on any atom is -0.497 e. The van der Waals surface area contributed by atoms with Crippen LogP contribution in [-0.2, 0) is 0 Å². The number of nitrogens with zero attached hydrogens (tertiary/aromatic N) is 3. The molecule has 1 aromatic rings. The van der Waals surface area contributed by atoms with Crippen molar-refractivity contribution in [1.82, 2.24) is 9.80 Å². The summed E-state index contributed by atoms with van der Waals surface area (Å²) in [5.74, 6) is 0.805. The molecule has 1 fully saturated rings. The standard InChI is InChI=1S/C15H21N3O/c1-12-11-17(2)7-8-18(12)15(10-16)13-5-4-6-14(9-13)19-3/h4-6,9,12,15H,7-8,11H2,1-3H3. The van der Waals surface area contributed by atoms with Crippen molar-refractivity contribution in [1.29, 1.82) is 5.26 Å². The molecule has 0 aliphatic carbocycles. The van der Waals surface area contributed by atoms with Crippen LogP contribution < -0.4 is 4.74 Å². The van der Waals surface area contributed by atoms with Gasteiger partial charge in [0.2, 0.25) is 0 Å². The number of nitriles is 1. The van der Waals surface area contributed by atoms with E-state index in [4.69, 9.17) is 4.74 Å². The van der Waals surface area contributed by atoms with Crippen molar-refractivity contribution >= 4 is 0 Å². The Kier molecular flexibility index (Phi) is 4.41. The molecule has 0 N–H and O–H groups in total. The lowest BCUT2D eigenvalue weighted by atomic mass is 10.0. The molecule has 2 atom stereocenters. The third-order valence-electron chi connectivity index (χ3n) is 3.75. The SMILES string of the molecule is COc1cccc(C(C#N)N2CCN(C)CC2C)c1. The molecule has 0 radical (unpaired) electrons. The fourth-order valence-electron chi connectivity index (χ4n) is 2.69. The molecule has 0 saturated carbocycles. The molecule has 102 valence electrons. The maximum Gasteiger partial charge on any atom is 0.124 e. The van der Waals surface area contributed by atoms with Crippen LogP contribution in [0.2, 0.25) is 0 Å². The third kappa shape index (κ3) is 3.06. The zero-order valence-electron chi connectivity index (χ0n) is 11.8. The van der Waals surface area contributed by atoms with Gasteiger partial charge in [0.25, 0.3) is 0 Å². The average molecular weight is 259 g/mol. The van der Waals surface area contributed by atoms with Gasteiger partial charge in [-0.3, -0.25) is 4.90 Å². The van der Waals surface area contributed by atoms with Crippen molar-refractivity contribution in [3.63, 3.8) is 0 Å². The Morgan fingerprint density at radius 1 is 1.42 bits per heavy atom.